The summed E-state index contributed by atoms with van der Waals surface area (Å²) in [6.07, 6.45) is 2.22. The number of benzene rings is 1. The molecule has 1 aromatic carbocycles. The van der Waals surface area contributed by atoms with Gasteiger partial charge in [-0.05, 0) is 36.1 Å². The molecule has 1 heterocycles. The lowest BCUT2D eigenvalue weighted by molar-refractivity contribution is 0.452. The number of ether oxygens (including phenoxy) is 1. The highest BCUT2D eigenvalue weighted by molar-refractivity contribution is 5.34. The average Bonchev–Trinajstić information content (AvgIpc) is 2.49. The fourth-order valence-electron chi connectivity index (χ4n) is 1.92. The van der Waals surface area contributed by atoms with Gasteiger partial charge in [-0.3, -0.25) is 0 Å². The molecule has 0 radical (unpaired) electrons. The van der Waals surface area contributed by atoms with Crippen molar-refractivity contribution in [3.63, 3.8) is 0 Å². The highest BCUT2D eigenvalue weighted by Crippen LogP contribution is 2.26. The molecule has 1 aromatic heterocycles. The SMILES string of the molecule is CCC(C)c1ccc(Oc2ncc(F)cc2CN)cc1. The molecule has 0 bridgehead atoms. The van der Waals surface area contributed by atoms with Crippen molar-refractivity contribution >= 4 is 0 Å². The summed E-state index contributed by atoms with van der Waals surface area (Å²) in [6, 6.07) is 9.21. The second-order valence-electron chi connectivity index (χ2n) is 4.80. The van der Waals surface area contributed by atoms with Crippen LogP contribution in [-0.4, -0.2) is 4.98 Å². The number of hydrogen-bond donors (Lipinski definition) is 1. The standard InChI is InChI=1S/C16H19FN2O/c1-3-11(2)12-4-6-15(7-5-12)20-16-13(9-18)8-14(17)10-19-16/h4-8,10-11H,3,9,18H2,1-2H3. The molecule has 106 valence electrons. The zero-order valence-corrected chi connectivity index (χ0v) is 11.8. The van der Waals surface area contributed by atoms with Crippen LogP contribution >= 0.6 is 0 Å². The molecule has 0 aliphatic rings. The summed E-state index contributed by atoms with van der Waals surface area (Å²) in [5.41, 5.74) is 7.39. The summed E-state index contributed by atoms with van der Waals surface area (Å²) < 4.78 is 18.7. The monoisotopic (exact) mass is 274 g/mol. The third-order valence-corrected chi connectivity index (χ3v) is 3.39. The molecule has 0 saturated carbocycles. The lowest BCUT2D eigenvalue weighted by atomic mass is 9.99. The zero-order chi connectivity index (χ0) is 14.5. The van der Waals surface area contributed by atoms with E-state index in [0.29, 0.717) is 23.1 Å². The second kappa shape index (κ2) is 6.48. The molecule has 0 aliphatic heterocycles. The van der Waals surface area contributed by atoms with Crippen molar-refractivity contribution < 1.29 is 9.13 Å². The average molecular weight is 274 g/mol. The number of nitrogens with two attached hydrogens (primary N) is 1. The Morgan fingerprint density at radius 3 is 2.60 bits per heavy atom. The third-order valence-electron chi connectivity index (χ3n) is 3.39. The van der Waals surface area contributed by atoms with E-state index >= 15 is 0 Å². The quantitative estimate of drug-likeness (QED) is 0.897. The first-order valence-electron chi connectivity index (χ1n) is 6.76. The van der Waals surface area contributed by atoms with Crippen LogP contribution in [0.4, 0.5) is 4.39 Å². The van der Waals surface area contributed by atoms with E-state index in [2.05, 4.69) is 18.8 Å². The maximum atomic E-state index is 13.1. The van der Waals surface area contributed by atoms with Crippen LogP contribution in [0, 0.1) is 5.82 Å². The minimum Gasteiger partial charge on any atom is -0.439 e. The van der Waals surface area contributed by atoms with Gasteiger partial charge in [0.2, 0.25) is 5.88 Å². The number of rotatable bonds is 5. The Labute approximate surface area is 118 Å². The van der Waals surface area contributed by atoms with Crippen LogP contribution in [0.25, 0.3) is 0 Å². The normalized spacial score (nSPS) is 12.2. The fraction of sp³-hybridized carbons (Fsp3) is 0.312. The highest BCUT2D eigenvalue weighted by Gasteiger charge is 2.08. The maximum absolute atomic E-state index is 13.1. The topological polar surface area (TPSA) is 48.1 Å². The third kappa shape index (κ3) is 3.33. The van der Waals surface area contributed by atoms with Crippen LogP contribution in [0.3, 0.4) is 0 Å². The van der Waals surface area contributed by atoms with Crippen molar-refractivity contribution in [2.45, 2.75) is 32.7 Å². The number of pyridine rings is 1. The van der Waals surface area contributed by atoms with E-state index < -0.39 is 5.82 Å². The molecule has 1 atom stereocenters. The smallest absolute Gasteiger partial charge is 0.223 e. The Morgan fingerprint density at radius 1 is 1.30 bits per heavy atom. The largest absolute Gasteiger partial charge is 0.439 e. The second-order valence-corrected chi connectivity index (χ2v) is 4.80. The van der Waals surface area contributed by atoms with Gasteiger partial charge >= 0.3 is 0 Å². The minimum absolute atomic E-state index is 0.186. The summed E-state index contributed by atoms with van der Waals surface area (Å²) in [6.45, 7) is 4.53. The van der Waals surface area contributed by atoms with Gasteiger partial charge in [-0.2, -0.15) is 0 Å². The Bertz CT molecular complexity index is 569. The van der Waals surface area contributed by atoms with E-state index in [-0.39, 0.29) is 6.54 Å². The molecule has 2 aromatic rings. The molecule has 0 spiro atoms. The van der Waals surface area contributed by atoms with E-state index in [1.165, 1.54) is 11.6 Å². The van der Waals surface area contributed by atoms with Crippen LogP contribution in [0.5, 0.6) is 11.6 Å². The molecule has 1 unspecified atom stereocenters. The summed E-state index contributed by atoms with van der Waals surface area (Å²) in [5.74, 6) is 1.13. The molecule has 0 saturated heterocycles. The van der Waals surface area contributed by atoms with Crippen molar-refractivity contribution in [3.8, 4) is 11.6 Å². The molecular formula is C16H19FN2O. The molecular weight excluding hydrogens is 255 g/mol. The number of aromatic nitrogens is 1. The molecule has 0 fully saturated rings. The first-order chi connectivity index (χ1) is 9.63. The van der Waals surface area contributed by atoms with Crippen molar-refractivity contribution in [3.05, 3.63) is 53.5 Å². The van der Waals surface area contributed by atoms with Gasteiger partial charge in [-0.1, -0.05) is 26.0 Å². The number of hydrogen-bond acceptors (Lipinski definition) is 3. The minimum atomic E-state index is -0.412. The van der Waals surface area contributed by atoms with Crippen LogP contribution in [0.1, 0.15) is 37.3 Å². The molecule has 2 N–H and O–H groups in total. The van der Waals surface area contributed by atoms with Gasteiger partial charge in [0.15, 0.2) is 0 Å². The van der Waals surface area contributed by atoms with Crippen molar-refractivity contribution in [2.75, 3.05) is 0 Å². The fourth-order valence-corrected chi connectivity index (χ4v) is 1.92. The van der Waals surface area contributed by atoms with E-state index in [1.54, 1.807) is 0 Å². The first kappa shape index (κ1) is 14.5. The van der Waals surface area contributed by atoms with Gasteiger partial charge in [-0.25, -0.2) is 9.37 Å². The van der Waals surface area contributed by atoms with Crippen LogP contribution in [0.15, 0.2) is 36.5 Å². The predicted molar refractivity (Wildman–Crippen MR) is 77.3 cm³/mol. The Hall–Kier alpha value is -1.94. The van der Waals surface area contributed by atoms with E-state index in [1.807, 2.05) is 24.3 Å². The van der Waals surface area contributed by atoms with Gasteiger partial charge in [0, 0.05) is 12.1 Å². The van der Waals surface area contributed by atoms with Gasteiger partial charge in [-0.15, -0.1) is 0 Å². The lowest BCUT2D eigenvalue weighted by Gasteiger charge is -2.11. The van der Waals surface area contributed by atoms with Crippen molar-refractivity contribution in [1.29, 1.82) is 0 Å². The molecule has 0 amide bonds. The summed E-state index contributed by atoms with van der Waals surface area (Å²) >= 11 is 0. The number of nitrogens with zero attached hydrogens (tertiary/aromatic N) is 1. The van der Waals surface area contributed by atoms with Gasteiger partial charge in [0.1, 0.15) is 11.6 Å². The summed E-state index contributed by atoms with van der Waals surface area (Å²) in [7, 11) is 0. The zero-order valence-electron chi connectivity index (χ0n) is 11.8. The van der Waals surface area contributed by atoms with Crippen LogP contribution in [-0.2, 0) is 6.54 Å². The lowest BCUT2D eigenvalue weighted by Crippen LogP contribution is -2.02. The van der Waals surface area contributed by atoms with Crippen LogP contribution < -0.4 is 10.5 Å². The maximum Gasteiger partial charge on any atom is 0.223 e. The van der Waals surface area contributed by atoms with E-state index in [9.17, 15) is 4.39 Å². The van der Waals surface area contributed by atoms with E-state index in [4.69, 9.17) is 10.5 Å². The van der Waals surface area contributed by atoms with Crippen LogP contribution in [0.2, 0.25) is 0 Å². The molecule has 2 rings (SSSR count). The summed E-state index contributed by atoms with van der Waals surface area (Å²) in [4.78, 5) is 3.94. The predicted octanol–water partition coefficient (Wildman–Crippen LogP) is 3.99. The van der Waals surface area contributed by atoms with E-state index in [0.717, 1.165) is 12.6 Å². The molecule has 20 heavy (non-hydrogen) atoms. The number of halogens is 1. The first-order valence-corrected chi connectivity index (χ1v) is 6.76. The highest BCUT2D eigenvalue weighted by atomic mass is 19.1. The molecule has 3 nitrogen and oxygen atoms in total. The Balaban J connectivity index is 2.18. The van der Waals surface area contributed by atoms with Gasteiger partial charge < -0.3 is 10.5 Å². The van der Waals surface area contributed by atoms with Gasteiger partial charge in [0.05, 0.1) is 6.20 Å². The van der Waals surface area contributed by atoms with Gasteiger partial charge in [0.25, 0.3) is 0 Å². The Kier molecular flexibility index (Phi) is 4.69. The molecule has 0 aliphatic carbocycles. The van der Waals surface area contributed by atoms with Crippen molar-refractivity contribution in [2.24, 2.45) is 5.73 Å². The Morgan fingerprint density at radius 2 is 2.00 bits per heavy atom. The van der Waals surface area contributed by atoms with Crippen molar-refractivity contribution in [1.82, 2.24) is 4.98 Å². The molecule has 4 heteroatoms. The summed E-state index contributed by atoms with van der Waals surface area (Å²) in [5, 5.41) is 0.